The van der Waals surface area contributed by atoms with Crippen molar-refractivity contribution in [2.75, 3.05) is 18.9 Å². The maximum absolute atomic E-state index is 11.9. The summed E-state index contributed by atoms with van der Waals surface area (Å²) in [5, 5.41) is 14.8. The van der Waals surface area contributed by atoms with E-state index >= 15 is 0 Å². The number of rotatable bonds is 6. The molecule has 1 aromatic carbocycles. The number of amides is 1. The van der Waals surface area contributed by atoms with E-state index in [-0.39, 0.29) is 5.91 Å². The number of aromatic nitrogens is 4. The average Bonchev–Trinajstić information content (AvgIpc) is 3.38. The molecule has 0 radical (unpaired) electrons. The summed E-state index contributed by atoms with van der Waals surface area (Å²) >= 11 is 0. The Labute approximate surface area is 161 Å². The number of fused-ring (bicyclic) bond motifs is 1. The maximum Gasteiger partial charge on any atom is 0.315 e. The quantitative estimate of drug-likeness (QED) is 0.475. The molecule has 0 bridgehead atoms. The summed E-state index contributed by atoms with van der Waals surface area (Å²) in [6.07, 6.45) is 6.16. The minimum atomic E-state index is -0.173. The molecule has 3 aromatic heterocycles. The van der Waals surface area contributed by atoms with E-state index in [2.05, 4.69) is 37.7 Å². The fourth-order valence-corrected chi connectivity index (χ4v) is 2.99. The number of aromatic amines is 1. The number of hydrogen-bond acceptors (Lipinski definition) is 6. The highest BCUT2D eigenvalue weighted by Gasteiger charge is 2.13. The first-order chi connectivity index (χ1) is 13.7. The van der Waals surface area contributed by atoms with Crippen molar-refractivity contribution in [1.29, 1.82) is 0 Å². The molecule has 28 heavy (non-hydrogen) atoms. The molecule has 0 unspecified atom stereocenters. The zero-order chi connectivity index (χ0) is 19.5. The Morgan fingerprint density at radius 3 is 2.89 bits per heavy atom. The first-order valence-corrected chi connectivity index (χ1v) is 9.06. The summed E-state index contributed by atoms with van der Waals surface area (Å²) in [5.41, 5.74) is 4.09. The second-order valence-electron chi connectivity index (χ2n) is 6.34. The van der Waals surface area contributed by atoms with Gasteiger partial charge >= 0.3 is 6.01 Å². The van der Waals surface area contributed by atoms with Crippen molar-refractivity contribution in [3.63, 3.8) is 0 Å². The number of nitrogens with one attached hydrogen (secondary N) is 3. The minimum Gasteiger partial charge on any atom is -0.403 e. The molecule has 0 aliphatic heterocycles. The molecule has 0 fully saturated rings. The largest absolute Gasteiger partial charge is 0.403 e. The SMILES string of the molecule is CCCNc1nnc(-c2ccc3[nH]cc(-c4cncc(C(=O)NC)c4)c3c2)o1. The van der Waals surface area contributed by atoms with Gasteiger partial charge in [-0.05, 0) is 30.7 Å². The Morgan fingerprint density at radius 2 is 2.07 bits per heavy atom. The second kappa shape index (κ2) is 7.51. The van der Waals surface area contributed by atoms with Crippen LogP contribution in [-0.2, 0) is 0 Å². The molecule has 0 aliphatic rings. The fourth-order valence-electron chi connectivity index (χ4n) is 2.99. The van der Waals surface area contributed by atoms with Crippen LogP contribution in [0.25, 0.3) is 33.5 Å². The van der Waals surface area contributed by atoms with Gasteiger partial charge < -0.3 is 20.0 Å². The Morgan fingerprint density at radius 1 is 1.18 bits per heavy atom. The summed E-state index contributed by atoms with van der Waals surface area (Å²) in [7, 11) is 1.60. The Balaban J connectivity index is 1.73. The van der Waals surface area contributed by atoms with E-state index in [1.165, 1.54) is 0 Å². The zero-order valence-corrected chi connectivity index (χ0v) is 15.6. The highest BCUT2D eigenvalue weighted by Crippen LogP contribution is 2.32. The molecule has 0 saturated heterocycles. The van der Waals surface area contributed by atoms with Gasteiger partial charge in [-0.25, -0.2) is 0 Å². The molecule has 3 N–H and O–H groups in total. The van der Waals surface area contributed by atoms with Crippen molar-refractivity contribution in [1.82, 2.24) is 25.5 Å². The van der Waals surface area contributed by atoms with Crippen LogP contribution in [0.3, 0.4) is 0 Å². The fraction of sp³-hybridized carbons (Fsp3) is 0.200. The van der Waals surface area contributed by atoms with Crippen LogP contribution in [0.5, 0.6) is 0 Å². The van der Waals surface area contributed by atoms with Crippen molar-refractivity contribution in [2.45, 2.75) is 13.3 Å². The summed E-state index contributed by atoms with van der Waals surface area (Å²) < 4.78 is 5.70. The number of nitrogens with zero attached hydrogens (tertiary/aromatic N) is 3. The molecule has 0 saturated carbocycles. The van der Waals surface area contributed by atoms with Crippen molar-refractivity contribution < 1.29 is 9.21 Å². The monoisotopic (exact) mass is 376 g/mol. The molecular formula is C20H20N6O2. The Kier molecular flexibility index (Phi) is 4.76. The molecule has 4 rings (SSSR count). The third kappa shape index (κ3) is 3.32. The highest BCUT2D eigenvalue weighted by molar-refractivity contribution is 5.99. The molecule has 142 valence electrons. The van der Waals surface area contributed by atoms with Gasteiger partial charge in [0.15, 0.2) is 0 Å². The van der Waals surface area contributed by atoms with E-state index in [1.807, 2.05) is 30.5 Å². The van der Waals surface area contributed by atoms with Gasteiger partial charge in [-0.2, -0.15) is 0 Å². The third-order valence-electron chi connectivity index (χ3n) is 4.42. The van der Waals surface area contributed by atoms with Gasteiger partial charge in [0.1, 0.15) is 0 Å². The van der Waals surface area contributed by atoms with Gasteiger partial charge in [-0.15, -0.1) is 5.10 Å². The first kappa shape index (κ1) is 17.7. The molecule has 0 aliphatic carbocycles. The number of hydrogen-bond donors (Lipinski definition) is 3. The van der Waals surface area contributed by atoms with Gasteiger partial charge in [0.05, 0.1) is 5.56 Å². The van der Waals surface area contributed by atoms with Crippen LogP contribution in [0, 0.1) is 0 Å². The topological polar surface area (TPSA) is 109 Å². The van der Waals surface area contributed by atoms with Crippen molar-refractivity contribution in [3.05, 3.63) is 48.4 Å². The van der Waals surface area contributed by atoms with E-state index in [4.69, 9.17) is 4.42 Å². The predicted octanol–water partition coefficient (Wildman–Crippen LogP) is 3.46. The van der Waals surface area contributed by atoms with Crippen LogP contribution in [0.1, 0.15) is 23.7 Å². The number of benzene rings is 1. The lowest BCUT2D eigenvalue weighted by atomic mass is 10.0. The Bertz CT molecular complexity index is 1130. The number of carbonyl (C=O) groups excluding carboxylic acids is 1. The van der Waals surface area contributed by atoms with Crippen molar-refractivity contribution >= 4 is 22.8 Å². The Hall–Kier alpha value is -3.68. The third-order valence-corrected chi connectivity index (χ3v) is 4.42. The minimum absolute atomic E-state index is 0.173. The number of H-pyrrole nitrogens is 1. The second-order valence-corrected chi connectivity index (χ2v) is 6.34. The number of anilines is 1. The molecule has 8 nitrogen and oxygen atoms in total. The number of pyridine rings is 1. The lowest BCUT2D eigenvalue weighted by molar-refractivity contribution is 0.0963. The van der Waals surface area contributed by atoms with E-state index in [9.17, 15) is 4.79 Å². The highest BCUT2D eigenvalue weighted by atomic mass is 16.4. The van der Waals surface area contributed by atoms with Crippen LogP contribution in [-0.4, -0.2) is 39.7 Å². The smallest absolute Gasteiger partial charge is 0.315 e. The summed E-state index contributed by atoms with van der Waals surface area (Å²) in [4.78, 5) is 19.4. The van der Waals surface area contributed by atoms with Gasteiger partial charge in [-0.1, -0.05) is 12.0 Å². The van der Waals surface area contributed by atoms with Crippen LogP contribution < -0.4 is 10.6 Å². The summed E-state index contributed by atoms with van der Waals surface area (Å²) in [5.74, 6) is 0.276. The van der Waals surface area contributed by atoms with Crippen LogP contribution in [0.15, 0.2) is 47.3 Å². The summed E-state index contributed by atoms with van der Waals surface area (Å²) in [6, 6.07) is 8.12. The van der Waals surface area contributed by atoms with E-state index in [1.54, 1.807) is 19.4 Å². The predicted molar refractivity (Wildman–Crippen MR) is 107 cm³/mol. The van der Waals surface area contributed by atoms with Crippen LogP contribution in [0.2, 0.25) is 0 Å². The van der Waals surface area contributed by atoms with Crippen molar-refractivity contribution in [3.8, 4) is 22.6 Å². The van der Waals surface area contributed by atoms with Crippen LogP contribution in [0.4, 0.5) is 6.01 Å². The zero-order valence-electron chi connectivity index (χ0n) is 15.6. The van der Waals surface area contributed by atoms with Gasteiger partial charge in [-0.3, -0.25) is 9.78 Å². The molecule has 0 spiro atoms. The van der Waals surface area contributed by atoms with Crippen molar-refractivity contribution in [2.24, 2.45) is 0 Å². The molecule has 0 atom stereocenters. The normalized spacial score (nSPS) is 10.9. The van der Waals surface area contributed by atoms with Gasteiger partial charge in [0, 0.05) is 59.8 Å². The molecule has 8 heteroatoms. The van der Waals surface area contributed by atoms with E-state index in [0.29, 0.717) is 17.5 Å². The average molecular weight is 376 g/mol. The molecule has 3 heterocycles. The van der Waals surface area contributed by atoms with E-state index in [0.717, 1.165) is 40.6 Å². The van der Waals surface area contributed by atoms with E-state index < -0.39 is 0 Å². The standard InChI is InChI=1S/C20H20N6O2/c1-3-6-23-20-26-25-19(28-20)12-4-5-17-15(8-12)16(11-24-17)13-7-14(10-22-9-13)18(27)21-2/h4-5,7-11,24H,3,6H2,1-2H3,(H,21,27)(H,23,26). The first-order valence-electron chi connectivity index (χ1n) is 9.06. The lowest BCUT2D eigenvalue weighted by Gasteiger charge is -2.04. The van der Waals surface area contributed by atoms with Crippen LogP contribution >= 0.6 is 0 Å². The van der Waals surface area contributed by atoms with Gasteiger partial charge in [0.2, 0.25) is 5.89 Å². The molecule has 1 amide bonds. The maximum atomic E-state index is 11.9. The summed E-state index contributed by atoms with van der Waals surface area (Å²) in [6.45, 7) is 2.84. The van der Waals surface area contributed by atoms with Gasteiger partial charge in [0.25, 0.3) is 5.91 Å². The molecular weight excluding hydrogens is 356 g/mol. The molecule has 4 aromatic rings. The number of carbonyl (C=O) groups is 1. The lowest BCUT2D eigenvalue weighted by Crippen LogP contribution is -2.17.